The Bertz CT molecular complexity index is 586. The summed E-state index contributed by atoms with van der Waals surface area (Å²) in [7, 11) is 0. The van der Waals surface area contributed by atoms with Crippen LogP contribution in [0.5, 0.6) is 0 Å². The van der Waals surface area contributed by atoms with Crippen molar-refractivity contribution >= 4 is 29.2 Å². The third-order valence-corrected chi connectivity index (χ3v) is 5.15. The van der Waals surface area contributed by atoms with Crippen molar-refractivity contribution in [2.45, 2.75) is 25.7 Å². The van der Waals surface area contributed by atoms with E-state index in [1.165, 1.54) is 0 Å². The van der Waals surface area contributed by atoms with Crippen LogP contribution in [-0.4, -0.2) is 56.8 Å². The number of nitrogens with zero attached hydrogens (tertiary/aromatic N) is 2. The molecule has 2 rings (SSSR count). The largest absolute Gasteiger partial charge is 0.379 e. The van der Waals surface area contributed by atoms with E-state index in [4.69, 9.17) is 33.7 Å². The predicted octanol–water partition coefficient (Wildman–Crippen LogP) is 2.90. The van der Waals surface area contributed by atoms with Crippen molar-refractivity contribution in [3.05, 3.63) is 33.8 Å². The summed E-state index contributed by atoms with van der Waals surface area (Å²) in [4.78, 5) is 6.89. The van der Waals surface area contributed by atoms with Crippen LogP contribution in [0.2, 0.25) is 10.0 Å². The van der Waals surface area contributed by atoms with Crippen LogP contribution in [0.4, 0.5) is 0 Å². The molecule has 1 aromatic rings. The maximum absolute atomic E-state index is 6.11. The maximum Gasteiger partial charge on any atom is 0.188 e. The Morgan fingerprint density at radius 3 is 2.68 bits per heavy atom. The molecular weight excluding hydrogens is 359 g/mol. The minimum absolute atomic E-state index is 0.172. The van der Waals surface area contributed by atoms with Gasteiger partial charge in [-0.25, -0.2) is 0 Å². The molecule has 0 saturated carbocycles. The van der Waals surface area contributed by atoms with Gasteiger partial charge in [-0.3, -0.25) is 9.89 Å². The average Bonchev–Trinajstić information content (AvgIpc) is 2.60. The summed E-state index contributed by atoms with van der Waals surface area (Å²) in [6, 6.07) is 5.69. The summed E-state index contributed by atoms with van der Waals surface area (Å²) in [5, 5.41) is 4.31. The number of rotatable bonds is 7. The van der Waals surface area contributed by atoms with E-state index in [0.717, 1.165) is 51.4 Å². The minimum atomic E-state index is -0.172. The van der Waals surface area contributed by atoms with Crippen molar-refractivity contribution in [1.29, 1.82) is 0 Å². The second kappa shape index (κ2) is 9.62. The Balaban J connectivity index is 1.75. The van der Waals surface area contributed by atoms with E-state index in [2.05, 4.69) is 29.1 Å². The Labute approximate surface area is 160 Å². The van der Waals surface area contributed by atoms with E-state index in [9.17, 15) is 0 Å². The summed E-state index contributed by atoms with van der Waals surface area (Å²) in [6.07, 6.45) is 1.03. The highest BCUT2D eigenvalue weighted by Gasteiger charge is 2.21. The number of hydrogen-bond acceptors (Lipinski definition) is 3. The van der Waals surface area contributed by atoms with Gasteiger partial charge in [0.15, 0.2) is 5.96 Å². The van der Waals surface area contributed by atoms with Crippen molar-refractivity contribution < 1.29 is 4.74 Å². The van der Waals surface area contributed by atoms with Gasteiger partial charge in [-0.1, -0.05) is 43.1 Å². The molecule has 5 nitrogen and oxygen atoms in total. The molecule has 0 aliphatic carbocycles. The normalized spacial score (nSPS) is 16.9. The highest BCUT2D eigenvalue weighted by molar-refractivity contribution is 6.42. The quantitative estimate of drug-likeness (QED) is 0.429. The third-order valence-electron chi connectivity index (χ3n) is 4.41. The molecule has 0 unspecified atom stereocenters. The van der Waals surface area contributed by atoms with Crippen molar-refractivity contribution in [2.75, 3.05) is 45.9 Å². The van der Waals surface area contributed by atoms with Crippen molar-refractivity contribution in [3.8, 4) is 0 Å². The van der Waals surface area contributed by atoms with Crippen LogP contribution in [-0.2, 0) is 10.2 Å². The monoisotopic (exact) mass is 386 g/mol. The first-order valence-electron chi connectivity index (χ1n) is 8.68. The molecule has 140 valence electrons. The molecular formula is C18H28Cl2N4O. The summed E-state index contributed by atoms with van der Waals surface area (Å²) < 4.78 is 5.35. The van der Waals surface area contributed by atoms with Crippen LogP contribution in [0.1, 0.15) is 25.8 Å². The molecule has 1 saturated heterocycles. The molecule has 0 spiro atoms. The lowest BCUT2D eigenvalue weighted by atomic mass is 9.85. The Morgan fingerprint density at radius 1 is 1.28 bits per heavy atom. The Morgan fingerprint density at radius 2 is 2.00 bits per heavy atom. The third kappa shape index (κ3) is 6.66. The van der Waals surface area contributed by atoms with Gasteiger partial charge in [-0.05, 0) is 30.7 Å². The van der Waals surface area contributed by atoms with Crippen LogP contribution in [0.25, 0.3) is 0 Å². The second-order valence-electron chi connectivity index (χ2n) is 6.95. The molecule has 1 aliphatic rings. The lowest BCUT2D eigenvalue weighted by molar-refractivity contribution is 0.0376. The zero-order chi connectivity index (χ0) is 18.3. The fourth-order valence-corrected chi connectivity index (χ4v) is 2.99. The summed E-state index contributed by atoms with van der Waals surface area (Å²) >= 11 is 12.1. The number of nitrogens with one attached hydrogen (secondary N) is 1. The number of benzene rings is 1. The fraction of sp³-hybridized carbons (Fsp3) is 0.611. The van der Waals surface area contributed by atoms with Gasteiger partial charge in [0, 0.05) is 25.0 Å². The molecule has 1 heterocycles. The first-order chi connectivity index (χ1) is 11.9. The highest BCUT2D eigenvalue weighted by atomic mass is 35.5. The molecule has 1 aromatic carbocycles. The van der Waals surface area contributed by atoms with Gasteiger partial charge in [0.1, 0.15) is 0 Å². The summed E-state index contributed by atoms with van der Waals surface area (Å²) in [5.74, 6) is 0.482. The van der Waals surface area contributed by atoms with Crippen LogP contribution >= 0.6 is 23.2 Å². The van der Waals surface area contributed by atoms with Crippen LogP contribution in [0.3, 0.4) is 0 Å². The Kier molecular flexibility index (Phi) is 7.81. The second-order valence-corrected chi connectivity index (χ2v) is 7.76. The van der Waals surface area contributed by atoms with Crippen LogP contribution in [0, 0.1) is 0 Å². The van der Waals surface area contributed by atoms with Crippen LogP contribution in [0.15, 0.2) is 23.2 Å². The SMILES string of the molecule is CC(C)(CN=C(N)NCCCN1CCOCC1)c1ccc(Cl)c(Cl)c1. The van der Waals surface area contributed by atoms with Crippen molar-refractivity contribution in [3.63, 3.8) is 0 Å². The Hall–Kier alpha value is -1.01. The van der Waals surface area contributed by atoms with Gasteiger partial charge in [0.2, 0.25) is 0 Å². The molecule has 1 aliphatic heterocycles. The smallest absolute Gasteiger partial charge is 0.188 e. The number of hydrogen-bond donors (Lipinski definition) is 2. The van der Waals surface area contributed by atoms with Crippen LogP contribution < -0.4 is 11.1 Å². The van der Waals surface area contributed by atoms with Gasteiger partial charge in [0.25, 0.3) is 0 Å². The number of aliphatic imine (C=N–C) groups is 1. The number of halogens is 2. The van der Waals surface area contributed by atoms with E-state index in [1.807, 2.05) is 18.2 Å². The topological polar surface area (TPSA) is 62.9 Å². The standard InChI is InChI=1S/C18H28Cl2N4O/c1-18(2,14-4-5-15(19)16(20)12-14)13-23-17(21)22-6-3-7-24-8-10-25-11-9-24/h4-5,12H,3,6-11,13H2,1-2H3,(H3,21,22,23). The lowest BCUT2D eigenvalue weighted by Crippen LogP contribution is -2.39. The van der Waals surface area contributed by atoms with Crippen molar-refractivity contribution in [1.82, 2.24) is 10.2 Å². The van der Waals surface area contributed by atoms with E-state index in [0.29, 0.717) is 22.5 Å². The van der Waals surface area contributed by atoms with Crippen molar-refractivity contribution in [2.24, 2.45) is 10.7 Å². The number of nitrogens with two attached hydrogens (primary N) is 1. The molecule has 0 amide bonds. The molecule has 25 heavy (non-hydrogen) atoms. The van der Waals surface area contributed by atoms with Gasteiger partial charge >= 0.3 is 0 Å². The summed E-state index contributed by atoms with van der Waals surface area (Å²) in [6.45, 7) is 10.4. The molecule has 1 fully saturated rings. The van der Waals surface area contributed by atoms with E-state index >= 15 is 0 Å². The average molecular weight is 387 g/mol. The van der Waals surface area contributed by atoms with E-state index in [1.54, 1.807) is 0 Å². The molecule has 0 bridgehead atoms. The summed E-state index contributed by atoms with van der Waals surface area (Å²) in [5.41, 5.74) is 6.91. The zero-order valence-electron chi connectivity index (χ0n) is 15.0. The van der Waals surface area contributed by atoms with E-state index < -0.39 is 0 Å². The van der Waals surface area contributed by atoms with Gasteiger partial charge < -0.3 is 15.8 Å². The fourth-order valence-electron chi connectivity index (χ4n) is 2.69. The molecule has 7 heteroatoms. The van der Waals surface area contributed by atoms with Gasteiger partial charge in [0.05, 0.1) is 29.8 Å². The zero-order valence-corrected chi connectivity index (χ0v) is 16.5. The number of guanidine groups is 1. The molecule has 0 aromatic heterocycles. The van der Waals surface area contributed by atoms with Gasteiger partial charge in [-0.15, -0.1) is 0 Å². The number of ether oxygens (including phenoxy) is 1. The molecule has 0 atom stereocenters. The molecule has 3 N–H and O–H groups in total. The highest BCUT2D eigenvalue weighted by Crippen LogP contribution is 2.30. The van der Waals surface area contributed by atoms with E-state index in [-0.39, 0.29) is 5.41 Å². The first-order valence-corrected chi connectivity index (χ1v) is 9.43. The molecule has 0 radical (unpaired) electrons. The maximum atomic E-state index is 6.11. The predicted molar refractivity (Wildman–Crippen MR) is 106 cm³/mol. The van der Waals surface area contributed by atoms with Gasteiger partial charge in [-0.2, -0.15) is 0 Å². The first kappa shape index (κ1) is 20.3. The minimum Gasteiger partial charge on any atom is -0.379 e. The lowest BCUT2D eigenvalue weighted by Gasteiger charge is -2.26. The number of morpholine rings is 1.